The number of carboxylic acid groups (broad SMARTS) is 1. The van der Waals surface area contributed by atoms with Gasteiger partial charge in [0.1, 0.15) is 6.61 Å². The predicted molar refractivity (Wildman–Crippen MR) is 164 cm³/mol. The van der Waals surface area contributed by atoms with E-state index in [0.717, 1.165) is 16.7 Å². The van der Waals surface area contributed by atoms with Crippen LogP contribution >= 0.6 is 11.8 Å². The van der Waals surface area contributed by atoms with Crippen LogP contribution in [0.3, 0.4) is 0 Å². The van der Waals surface area contributed by atoms with E-state index in [2.05, 4.69) is 10.6 Å². The Morgan fingerprint density at radius 2 is 1.57 bits per heavy atom. The zero-order chi connectivity index (χ0) is 32.5. The Morgan fingerprint density at radius 1 is 0.909 bits per heavy atom. The van der Waals surface area contributed by atoms with Crippen molar-refractivity contribution in [1.29, 1.82) is 0 Å². The van der Waals surface area contributed by atoms with Crippen molar-refractivity contribution in [2.24, 2.45) is 5.73 Å². The Labute approximate surface area is 260 Å². The van der Waals surface area contributed by atoms with E-state index < -0.39 is 67.4 Å². The molecule has 0 saturated carbocycles. The molecule has 5 atom stereocenters. The maximum absolute atomic E-state index is 12.5. The Balaban J connectivity index is 1.92. The molecular weight excluding hydrogens is 594 g/mol. The van der Waals surface area contributed by atoms with Gasteiger partial charge in [-0.15, -0.1) is 0 Å². The maximum Gasteiger partial charge on any atom is 0.364 e. The molecule has 0 aliphatic rings. The SMILES string of the molecule is NCCSCCCOC(O)(CC(O)C(C[C@@H](O)[C@H](O)CNC(=O)Cc1ccc(-c2ccccc2)cc1)NC(=O)CO)C(=O)O. The van der Waals surface area contributed by atoms with E-state index in [4.69, 9.17) is 15.6 Å². The van der Waals surface area contributed by atoms with Crippen molar-refractivity contribution >= 4 is 29.5 Å². The summed E-state index contributed by atoms with van der Waals surface area (Å²) in [5.74, 6) is -4.63. The number of rotatable bonds is 21. The molecule has 0 spiro atoms. The Bertz CT molecular complexity index is 1160. The first kappa shape index (κ1) is 37.1. The van der Waals surface area contributed by atoms with Gasteiger partial charge in [0.15, 0.2) is 0 Å². The number of carbonyl (C=O) groups is 3. The van der Waals surface area contributed by atoms with Crippen LogP contribution in [0.1, 0.15) is 24.8 Å². The number of hydrogen-bond donors (Lipinski definition) is 9. The summed E-state index contributed by atoms with van der Waals surface area (Å²) in [5, 5.41) is 65.8. The third kappa shape index (κ3) is 12.9. The number of nitrogens with one attached hydrogen (secondary N) is 2. The third-order valence-corrected chi connectivity index (χ3v) is 7.79. The molecule has 10 N–H and O–H groups in total. The third-order valence-electron chi connectivity index (χ3n) is 6.68. The van der Waals surface area contributed by atoms with E-state index in [1.54, 1.807) is 0 Å². The van der Waals surface area contributed by atoms with Crippen molar-refractivity contribution in [2.75, 3.05) is 37.8 Å². The largest absolute Gasteiger partial charge is 0.477 e. The molecule has 2 aromatic carbocycles. The zero-order valence-corrected chi connectivity index (χ0v) is 25.2. The van der Waals surface area contributed by atoms with Crippen LogP contribution in [0.25, 0.3) is 11.1 Å². The van der Waals surface area contributed by atoms with E-state index in [9.17, 15) is 39.9 Å². The molecule has 2 aromatic rings. The first-order valence-electron chi connectivity index (χ1n) is 14.2. The van der Waals surface area contributed by atoms with Crippen LogP contribution in [0.15, 0.2) is 54.6 Å². The minimum atomic E-state index is -2.81. The highest BCUT2D eigenvalue weighted by molar-refractivity contribution is 7.99. The zero-order valence-electron chi connectivity index (χ0n) is 24.4. The molecule has 13 nitrogen and oxygen atoms in total. The van der Waals surface area contributed by atoms with Gasteiger partial charge < -0.3 is 51.7 Å². The monoisotopic (exact) mass is 637 g/mol. The number of carbonyl (C=O) groups excluding carboxylic acids is 2. The molecule has 0 fully saturated rings. The Morgan fingerprint density at radius 3 is 2.18 bits per heavy atom. The van der Waals surface area contributed by atoms with E-state index in [1.165, 1.54) is 11.8 Å². The lowest BCUT2D eigenvalue weighted by atomic mass is 9.95. The average Bonchev–Trinajstić information content (AvgIpc) is 3.01. The molecule has 3 unspecified atom stereocenters. The van der Waals surface area contributed by atoms with Crippen LogP contribution in [-0.2, 0) is 25.5 Å². The van der Waals surface area contributed by atoms with Gasteiger partial charge >= 0.3 is 5.97 Å². The van der Waals surface area contributed by atoms with E-state index >= 15 is 0 Å². The summed E-state index contributed by atoms with van der Waals surface area (Å²) < 4.78 is 5.15. The second-order valence-electron chi connectivity index (χ2n) is 10.2. The minimum absolute atomic E-state index is 0.0191. The van der Waals surface area contributed by atoms with Gasteiger partial charge in [-0.1, -0.05) is 54.6 Å². The first-order valence-corrected chi connectivity index (χ1v) is 15.4. The van der Waals surface area contributed by atoms with Crippen LogP contribution in [0.4, 0.5) is 0 Å². The minimum Gasteiger partial charge on any atom is -0.477 e. The molecule has 244 valence electrons. The fraction of sp³-hybridized carbons (Fsp3) is 0.500. The van der Waals surface area contributed by atoms with Gasteiger partial charge in [-0.05, 0) is 35.3 Å². The Kier molecular flexibility index (Phi) is 16.3. The summed E-state index contributed by atoms with van der Waals surface area (Å²) in [5.41, 5.74) is 8.17. The maximum atomic E-state index is 12.5. The molecule has 0 radical (unpaired) electrons. The van der Waals surface area contributed by atoms with Gasteiger partial charge in [-0.3, -0.25) is 9.59 Å². The number of nitrogens with two attached hydrogens (primary N) is 1. The van der Waals surface area contributed by atoms with Crippen molar-refractivity contribution in [3.8, 4) is 11.1 Å². The number of carboxylic acids is 1. The summed E-state index contributed by atoms with van der Waals surface area (Å²) in [4.78, 5) is 36.1. The van der Waals surface area contributed by atoms with Gasteiger partial charge in [0, 0.05) is 25.3 Å². The lowest BCUT2D eigenvalue weighted by molar-refractivity contribution is -0.234. The summed E-state index contributed by atoms with van der Waals surface area (Å²) >= 11 is 1.52. The predicted octanol–water partition coefficient (Wildman–Crippen LogP) is -0.776. The number of aliphatic carboxylic acids is 1. The number of aliphatic hydroxyl groups is 5. The number of benzene rings is 2. The first-order chi connectivity index (χ1) is 21.0. The second kappa shape index (κ2) is 19.3. The fourth-order valence-corrected chi connectivity index (χ4v) is 4.94. The van der Waals surface area contributed by atoms with Crippen LogP contribution in [0, 0.1) is 0 Å². The van der Waals surface area contributed by atoms with Crippen molar-refractivity contribution in [1.82, 2.24) is 10.6 Å². The Hall–Kier alpha value is -3.08. The topological polar surface area (TPSA) is 232 Å². The van der Waals surface area contributed by atoms with E-state index in [-0.39, 0.29) is 19.6 Å². The quantitative estimate of drug-likeness (QED) is 0.0606. The average molecular weight is 638 g/mol. The van der Waals surface area contributed by atoms with Crippen molar-refractivity contribution < 1.29 is 49.8 Å². The summed E-state index contributed by atoms with van der Waals surface area (Å²) in [6.07, 6.45) is -5.87. The molecule has 44 heavy (non-hydrogen) atoms. The molecule has 2 rings (SSSR count). The summed E-state index contributed by atoms with van der Waals surface area (Å²) in [6, 6.07) is 15.7. The number of thioether (sulfide) groups is 1. The van der Waals surface area contributed by atoms with Crippen LogP contribution < -0.4 is 16.4 Å². The molecule has 0 bridgehead atoms. The molecule has 2 amide bonds. The van der Waals surface area contributed by atoms with Gasteiger partial charge in [0.05, 0.1) is 37.4 Å². The van der Waals surface area contributed by atoms with E-state index in [1.807, 2.05) is 54.6 Å². The van der Waals surface area contributed by atoms with Crippen LogP contribution in [-0.4, -0.2) is 116 Å². The molecule has 14 heteroatoms. The van der Waals surface area contributed by atoms with Gasteiger partial charge in [-0.25, -0.2) is 4.79 Å². The second-order valence-corrected chi connectivity index (χ2v) is 11.4. The highest BCUT2D eigenvalue weighted by atomic mass is 32.2. The van der Waals surface area contributed by atoms with Crippen LogP contribution in [0.2, 0.25) is 0 Å². The molecule has 0 heterocycles. The highest BCUT2D eigenvalue weighted by Gasteiger charge is 2.42. The smallest absolute Gasteiger partial charge is 0.364 e. The lowest BCUT2D eigenvalue weighted by Crippen LogP contribution is -2.53. The van der Waals surface area contributed by atoms with Crippen molar-refractivity contribution in [3.05, 3.63) is 60.2 Å². The van der Waals surface area contributed by atoms with E-state index in [0.29, 0.717) is 24.5 Å². The molecule has 0 saturated heterocycles. The number of aliphatic hydroxyl groups excluding tert-OH is 4. The summed E-state index contributed by atoms with van der Waals surface area (Å²) in [7, 11) is 0. The van der Waals surface area contributed by atoms with Gasteiger partial charge in [0.25, 0.3) is 5.79 Å². The summed E-state index contributed by atoms with van der Waals surface area (Å²) in [6.45, 7) is -0.985. The van der Waals surface area contributed by atoms with Crippen molar-refractivity contribution in [2.45, 2.75) is 55.8 Å². The standard InChI is InChI=1S/C30H43N3O10S/c31-11-14-44-13-4-12-43-30(42,29(40)41)17-25(36)23(33-28(39)19-34)16-24(35)26(37)18-32-27(38)15-20-7-9-22(10-8-20)21-5-2-1-3-6-21/h1-3,5-10,23-26,34-37,42H,4,11-19,31H2,(H,32,38)(H,33,39)(H,40,41)/t23?,24-,25?,26-,30?/m1/s1. The fourth-order valence-electron chi connectivity index (χ4n) is 4.25. The number of hydrogen-bond acceptors (Lipinski definition) is 11. The molecular formula is C30H43N3O10S. The lowest BCUT2D eigenvalue weighted by Gasteiger charge is -2.32. The molecule has 0 aromatic heterocycles. The number of amides is 2. The van der Waals surface area contributed by atoms with Crippen LogP contribution in [0.5, 0.6) is 0 Å². The molecule has 0 aliphatic carbocycles. The molecule has 0 aliphatic heterocycles. The normalized spacial score (nSPS) is 15.4. The van der Waals surface area contributed by atoms with Gasteiger partial charge in [0.2, 0.25) is 11.8 Å². The van der Waals surface area contributed by atoms with Crippen molar-refractivity contribution in [3.63, 3.8) is 0 Å². The van der Waals surface area contributed by atoms with Gasteiger partial charge in [-0.2, -0.15) is 11.8 Å². The highest BCUT2D eigenvalue weighted by Crippen LogP contribution is 2.21. The number of ether oxygens (including phenoxy) is 1.